The van der Waals surface area contributed by atoms with Crippen LogP contribution in [0.3, 0.4) is 0 Å². The number of benzene rings is 3. The fraction of sp³-hybridized carbons (Fsp3) is 0.160. The Morgan fingerprint density at radius 3 is 2.06 bits per heavy atom. The van der Waals surface area contributed by atoms with Crippen molar-refractivity contribution in [3.8, 4) is 17.2 Å². The zero-order valence-corrected chi connectivity index (χ0v) is 16.9. The molecule has 7 nitrogen and oxygen atoms in total. The van der Waals surface area contributed by atoms with Gasteiger partial charge in [-0.15, -0.1) is 0 Å². The predicted octanol–water partition coefficient (Wildman–Crippen LogP) is 3.58. The number of carboxylic acids is 1. The van der Waals surface area contributed by atoms with Gasteiger partial charge in [0.2, 0.25) is 0 Å². The van der Waals surface area contributed by atoms with E-state index in [4.69, 9.17) is 10.00 Å². The molecule has 0 fully saturated rings. The molecule has 3 aromatic carbocycles. The zero-order chi connectivity index (χ0) is 22.7. The van der Waals surface area contributed by atoms with Crippen LogP contribution in [-0.2, 0) is 9.53 Å². The number of aliphatic hydroxyl groups excluding tert-OH is 1. The SMILES string of the molecule is N#Cc1ccc([C@@H](O)[C@H](NC(=O)OCC2c3ccccc3-c3ccccc32)C(=O)O)cc1. The van der Waals surface area contributed by atoms with Crippen LogP contribution in [-0.4, -0.2) is 34.9 Å². The van der Waals surface area contributed by atoms with Crippen molar-refractivity contribution in [2.45, 2.75) is 18.1 Å². The summed E-state index contributed by atoms with van der Waals surface area (Å²) in [5, 5.41) is 31.1. The molecule has 0 unspecified atom stereocenters. The van der Waals surface area contributed by atoms with Crippen molar-refractivity contribution in [2.75, 3.05) is 6.61 Å². The van der Waals surface area contributed by atoms with Crippen molar-refractivity contribution < 1.29 is 24.5 Å². The van der Waals surface area contributed by atoms with Gasteiger partial charge in [0, 0.05) is 5.92 Å². The Morgan fingerprint density at radius 1 is 0.969 bits per heavy atom. The summed E-state index contributed by atoms with van der Waals surface area (Å²) in [6.07, 6.45) is -2.45. The molecule has 3 N–H and O–H groups in total. The van der Waals surface area contributed by atoms with Gasteiger partial charge in [0.1, 0.15) is 12.7 Å². The fourth-order valence-electron chi connectivity index (χ4n) is 3.99. The van der Waals surface area contributed by atoms with Gasteiger partial charge < -0.3 is 20.3 Å². The third-order valence-corrected chi connectivity index (χ3v) is 5.58. The topological polar surface area (TPSA) is 120 Å². The molecule has 1 aliphatic carbocycles. The molecule has 0 spiro atoms. The Morgan fingerprint density at radius 2 is 1.53 bits per heavy atom. The summed E-state index contributed by atoms with van der Waals surface area (Å²) in [6, 6.07) is 21.9. The molecule has 3 aromatic rings. The molecule has 4 rings (SSSR count). The second kappa shape index (κ2) is 8.92. The van der Waals surface area contributed by atoms with E-state index in [1.807, 2.05) is 54.6 Å². The zero-order valence-electron chi connectivity index (χ0n) is 16.9. The van der Waals surface area contributed by atoms with E-state index in [9.17, 15) is 19.8 Å². The van der Waals surface area contributed by atoms with Crippen LogP contribution < -0.4 is 5.32 Å². The maximum absolute atomic E-state index is 12.4. The van der Waals surface area contributed by atoms with Gasteiger partial charge in [0.15, 0.2) is 6.04 Å². The highest BCUT2D eigenvalue weighted by Gasteiger charge is 2.32. The minimum absolute atomic E-state index is 0.0269. The van der Waals surface area contributed by atoms with Crippen LogP contribution in [0.25, 0.3) is 11.1 Å². The maximum atomic E-state index is 12.4. The van der Waals surface area contributed by atoms with Gasteiger partial charge in [0.05, 0.1) is 11.6 Å². The first-order chi connectivity index (χ1) is 15.5. The summed E-state index contributed by atoms with van der Waals surface area (Å²) >= 11 is 0. The van der Waals surface area contributed by atoms with Crippen molar-refractivity contribution >= 4 is 12.1 Å². The molecule has 0 radical (unpaired) electrons. The molecule has 160 valence electrons. The first kappa shape index (κ1) is 21.1. The van der Waals surface area contributed by atoms with Crippen molar-refractivity contribution in [1.29, 1.82) is 5.26 Å². The van der Waals surface area contributed by atoms with Crippen molar-refractivity contribution in [3.63, 3.8) is 0 Å². The van der Waals surface area contributed by atoms with Gasteiger partial charge in [-0.3, -0.25) is 0 Å². The first-order valence-corrected chi connectivity index (χ1v) is 10.0. The standard InChI is InChI=1S/C25H20N2O5/c26-13-15-9-11-16(12-10-15)23(28)22(24(29)30)27-25(31)32-14-21-19-7-3-1-5-17(19)18-6-2-4-8-20(18)21/h1-12,21-23,28H,14H2,(H,27,31)(H,29,30)/t22-,23+/m0/s1. The summed E-state index contributed by atoms with van der Waals surface area (Å²) < 4.78 is 5.38. The lowest BCUT2D eigenvalue weighted by molar-refractivity contribution is -0.142. The molecule has 1 amide bonds. The highest BCUT2D eigenvalue weighted by molar-refractivity contribution is 5.81. The van der Waals surface area contributed by atoms with E-state index in [0.29, 0.717) is 5.56 Å². The van der Waals surface area contributed by atoms with E-state index in [2.05, 4.69) is 5.32 Å². The molecule has 7 heteroatoms. The molecule has 0 aromatic heterocycles. The maximum Gasteiger partial charge on any atom is 0.407 e. The van der Waals surface area contributed by atoms with E-state index in [0.717, 1.165) is 22.3 Å². The summed E-state index contributed by atoms with van der Waals surface area (Å²) in [5.41, 5.74) is 4.86. The summed E-state index contributed by atoms with van der Waals surface area (Å²) in [5.74, 6) is -1.57. The van der Waals surface area contributed by atoms with Gasteiger partial charge in [-0.25, -0.2) is 9.59 Å². The lowest BCUT2D eigenvalue weighted by Gasteiger charge is -2.21. The molecule has 32 heavy (non-hydrogen) atoms. The van der Waals surface area contributed by atoms with Crippen molar-refractivity contribution in [3.05, 3.63) is 95.1 Å². The normalized spacial score (nSPS) is 13.9. The van der Waals surface area contributed by atoms with Crippen LogP contribution in [0.1, 0.15) is 34.3 Å². The third-order valence-electron chi connectivity index (χ3n) is 5.58. The molecule has 1 aliphatic rings. The van der Waals surface area contributed by atoms with Crippen LogP contribution in [0.5, 0.6) is 0 Å². The summed E-state index contributed by atoms with van der Waals surface area (Å²) in [4.78, 5) is 24.1. The summed E-state index contributed by atoms with van der Waals surface area (Å²) in [6.45, 7) is 0.0269. The van der Waals surface area contributed by atoms with E-state index in [1.54, 1.807) is 0 Å². The number of nitrogens with zero attached hydrogens (tertiary/aromatic N) is 1. The van der Waals surface area contributed by atoms with Gasteiger partial charge in [0.25, 0.3) is 0 Å². The number of alkyl carbamates (subject to hydrolysis) is 1. The number of carbonyl (C=O) groups excluding carboxylic acids is 1. The molecule has 0 bridgehead atoms. The number of ether oxygens (including phenoxy) is 1. The van der Waals surface area contributed by atoms with Crippen LogP contribution >= 0.6 is 0 Å². The second-order valence-electron chi connectivity index (χ2n) is 7.46. The Balaban J connectivity index is 1.45. The number of hydrogen-bond acceptors (Lipinski definition) is 5. The lowest BCUT2D eigenvalue weighted by atomic mass is 9.98. The average molecular weight is 428 g/mol. The van der Waals surface area contributed by atoms with E-state index < -0.39 is 24.2 Å². The smallest absolute Gasteiger partial charge is 0.407 e. The average Bonchev–Trinajstić information content (AvgIpc) is 3.14. The molecule has 0 saturated heterocycles. The number of amides is 1. The van der Waals surface area contributed by atoms with Gasteiger partial charge in [-0.2, -0.15) is 5.26 Å². The van der Waals surface area contributed by atoms with E-state index in [1.165, 1.54) is 24.3 Å². The van der Waals surface area contributed by atoms with Crippen molar-refractivity contribution in [2.24, 2.45) is 0 Å². The number of nitriles is 1. The minimum atomic E-state index is -1.61. The Labute approximate surface area is 184 Å². The molecule has 2 atom stereocenters. The van der Waals surface area contributed by atoms with Crippen LogP contribution in [0.4, 0.5) is 4.79 Å². The number of carbonyl (C=O) groups is 2. The lowest BCUT2D eigenvalue weighted by Crippen LogP contribution is -2.45. The van der Waals surface area contributed by atoms with E-state index >= 15 is 0 Å². The number of aliphatic hydroxyl groups is 1. The number of rotatable bonds is 6. The van der Waals surface area contributed by atoms with Gasteiger partial charge >= 0.3 is 12.1 Å². The number of aliphatic carboxylic acids is 1. The highest BCUT2D eigenvalue weighted by atomic mass is 16.5. The fourth-order valence-corrected chi connectivity index (χ4v) is 3.99. The Hall–Kier alpha value is -4.15. The quantitative estimate of drug-likeness (QED) is 0.552. The highest BCUT2D eigenvalue weighted by Crippen LogP contribution is 2.44. The summed E-state index contributed by atoms with van der Waals surface area (Å²) in [7, 11) is 0. The van der Waals surface area contributed by atoms with Gasteiger partial charge in [-0.1, -0.05) is 60.7 Å². The Kier molecular flexibility index (Phi) is 5.88. The molecule has 0 aliphatic heterocycles. The van der Waals surface area contributed by atoms with E-state index in [-0.39, 0.29) is 18.1 Å². The number of fused-ring (bicyclic) bond motifs is 3. The minimum Gasteiger partial charge on any atom is -0.480 e. The molecular weight excluding hydrogens is 408 g/mol. The molecule has 0 saturated carbocycles. The number of nitrogens with one attached hydrogen (secondary N) is 1. The predicted molar refractivity (Wildman–Crippen MR) is 116 cm³/mol. The monoisotopic (exact) mass is 428 g/mol. The van der Waals surface area contributed by atoms with Crippen LogP contribution in [0.15, 0.2) is 72.8 Å². The largest absolute Gasteiger partial charge is 0.480 e. The first-order valence-electron chi connectivity index (χ1n) is 10.0. The molecular formula is C25H20N2O5. The third kappa shape index (κ3) is 4.04. The van der Waals surface area contributed by atoms with Crippen molar-refractivity contribution in [1.82, 2.24) is 5.32 Å². The van der Waals surface area contributed by atoms with Gasteiger partial charge in [-0.05, 0) is 39.9 Å². The van der Waals surface area contributed by atoms with Crippen LogP contribution in [0, 0.1) is 11.3 Å². The number of carboxylic acid groups (broad SMARTS) is 1. The molecule has 0 heterocycles. The second-order valence-corrected chi connectivity index (χ2v) is 7.46. The van der Waals surface area contributed by atoms with Crippen LogP contribution in [0.2, 0.25) is 0 Å². The number of hydrogen-bond donors (Lipinski definition) is 3. The Bertz CT molecular complexity index is 1150.